The lowest BCUT2D eigenvalue weighted by Gasteiger charge is -2.34. The zero-order valence-electron chi connectivity index (χ0n) is 12.2. The van der Waals surface area contributed by atoms with E-state index in [2.05, 4.69) is 0 Å². The van der Waals surface area contributed by atoms with Crippen LogP contribution >= 0.6 is 11.8 Å². The molecule has 0 saturated carbocycles. The molecule has 6 heteroatoms. The van der Waals surface area contributed by atoms with Gasteiger partial charge in [0.2, 0.25) is 5.91 Å². The summed E-state index contributed by atoms with van der Waals surface area (Å²) in [5.41, 5.74) is 0. The first-order chi connectivity index (χ1) is 10.2. The third-order valence-corrected chi connectivity index (χ3v) is 4.25. The Morgan fingerprint density at radius 2 is 2.24 bits per heavy atom. The van der Waals surface area contributed by atoms with Crippen molar-refractivity contribution >= 4 is 17.7 Å². The highest BCUT2D eigenvalue weighted by Gasteiger charge is 2.26. The minimum absolute atomic E-state index is 0.0382. The summed E-state index contributed by atoms with van der Waals surface area (Å²) in [6, 6.07) is 7.49. The molecule has 1 heterocycles. The number of morpholine rings is 1. The van der Waals surface area contributed by atoms with Gasteiger partial charge in [0.1, 0.15) is 5.75 Å². The van der Waals surface area contributed by atoms with E-state index < -0.39 is 0 Å². The standard InChI is InChI=1S/C15H21NO4S/c1-2-20-13-3-5-14(6-4-13)21-11-15(18)16-7-8-19-10-12(16)9-17/h3-6,12,17H,2,7-11H2,1H3. The highest BCUT2D eigenvalue weighted by atomic mass is 32.2. The first-order valence-electron chi connectivity index (χ1n) is 7.08. The number of aliphatic hydroxyl groups is 1. The van der Waals surface area contributed by atoms with Crippen molar-refractivity contribution < 1.29 is 19.4 Å². The van der Waals surface area contributed by atoms with Crippen LogP contribution in [0, 0.1) is 0 Å². The first kappa shape index (κ1) is 16.1. The summed E-state index contributed by atoms with van der Waals surface area (Å²) in [6.07, 6.45) is 0. The molecule has 1 unspecified atom stereocenters. The van der Waals surface area contributed by atoms with Gasteiger partial charge in [0, 0.05) is 11.4 Å². The Morgan fingerprint density at radius 1 is 1.48 bits per heavy atom. The van der Waals surface area contributed by atoms with Crippen molar-refractivity contribution in [3.63, 3.8) is 0 Å². The van der Waals surface area contributed by atoms with E-state index in [-0.39, 0.29) is 18.6 Å². The lowest BCUT2D eigenvalue weighted by atomic mass is 10.2. The van der Waals surface area contributed by atoms with E-state index in [0.29, 0.717) is 32.1 Å². The van der Waals surface area contributed by atoms with Gasteiger partial charge in [-0.05, 0) is 31.2 Å². The summed E-state index contributed by atoms with van der Waals surface area (Å²) in [7, 11) is 0. The summed E-state index contributed by atoms with van der Waals surface area (Å²) in [5, 5.41) is 9.28. The molecule has 1 N–H and O–H groups in total. The van der Waals surface area contributed by atoms with Crippen LogP contribution < -0.4 is 4.74 Å². The van der Waals surface area contributed by atoms with Gasteiger partial charge in [-0.15, -0.1) is 11.8 Å². The third kappa shape index (κ3) is 4.62. The largest absolute Gasteiger partial charge is 0.494 e. The van der Waals surface area contributed by atoms with Gasteiger partial charge < -0.3 is 19.5 Å². The molecule has 1 atom stereocenters. The number of carbonyl (C=O) groups is 1. The molecule has 1 fully saturated rings. The Bertz CT molecular complexity index is 451. The van der Waals surface area contributed by atoms with Crippen LogP contribution in [-0.4, -0.2) is 60.7 Å². The summed E-state index contributed by atoms with van der Waals surface area (Å²) in [4.78, 5) is 15.0. The van der Waals surface area contributed by atoms with Gasteiger partial charge in [0.05, 0.1) is 38.2 Å². The van der Waals surface area contributed by atoms with Crippen molar-refractivity contribution in [1.82, 2.24) is 4.90 Å². The smallest absolute Gasteiger partial charge is 0.233 e. The molecule has 5 nitrogen and oxygen atoms in total. The fourth-order valence-corrected chi connectivity index (χ4v) is 2.95. The van der Waals surface area contributed by atoms with Crippen LogP contribution in [0.1, 0.15) is 6.92 Å². The minimum atomic E-state index is -0.216. The zero-order valence-corrected chi connectivity index (χ0v) is 13.0. The molecule has 1 aliphatic rings. The molecule has 1 aromatic carbocycles. The van der Waals surface area contributed by atoms with Crippen LogP contribution in [0.3, 0.4) is 0 Å². The van der Waals surface area contributed by atoms with E-state index in [1.165, 1.54) is 11.8 Å². The summed E-state index contributed by atoms with van der Waals surface area (Å²) in [5.74, 6) is 1.24. The van der Waals surface area contributed by atoms with E-state index >= 15 is 0 Å². The molecule has 1 saturated heterocycles. The maximum Gasteiger partial charge on any atom is 0.233 e. The van der Waals surface area contributed by atoms with Gasteiger partial charge >= 0.3 is 0 Å². The second kappa shape index (κ2) is 8.26. The van der Waals surface area contributed by atoms with Crippen LogP contribution in [-0.2, 0) is 9.53 Å². The molecule has 1 amide bonds. The molecule has 116 valence electrons. The second-order valence-electron chi connectivity index (χ2n) is 4.69. The number of ether oxygens (including phenoxy) is 2. The number of hydrogen-bond donors (Lipinski definition) is 1. The number of aliphatic hydroxyl groups excluding tert-OH is 1. The fourth-order valence-electron chi connectivity index (χ4n) is 2.16. The van der Waals surface area contributed by atoms with Crippen molar-refractivity contribution in [2.45, 2.75) is 17.9 Å². The number of benzene rings is 1. The van der Waals surface area contributed by atoms with Gasteiger partial charge in [0.25, 0.3) is 0 Å². The van der Waals surface area contributed by atoms with Crippen molar-refractivity contribution in [2.24, 2.45) is 0 Å². The average molecular weight is 311 g/mol. The van der Waals surface area contributed by atoms with E-state index in [1.807, 2.05) is 31.2 Å². The zero-order chi connectivity index (χ0) is 15.1. The normalized spacial score (nSPS) is 18.6. The molecule has 0 aromatic heterocycles. The number of thioether (sulfide) groups is 1. The first-order valence-corrected chi connectivity index (χ1v) is 8.07. The number of hydrogen-bond acceptors (Lipinski definition) is 5. The molecule has 0 bridgehead atoms. The molecule has 0 radical (unpaired) electrons. The molecule has 1 aliphatic heterocycles. The van der Waals surface area contributed by atoms with Crippen molar-refractivity contribution in [3.05, 3.63) is 24.3 Å². The Balaban J connectivity index is 1.85. The Morgan fingerprint density at radius 3 is 2.90 bits per heavy atom. The van der Waals surface area contributed by atoms with Crippen molar-refractivity contribution in [2.75, 3.05) is 38.7 Å². The number of rotatable bonds is 6. The topological polar surface area (TPSA) is 59.0 Å². The van der Waals surface area contributed by atoms with E-state index in [1.54, 1.807) is 4.90 Å². The van der Waals surface area contributed by atoms with Crippen LogP contribution in [0.25, 0.3) is 0 Å². The lowest BCUT2D eigenvalue weighted by molar-refractivity contribution is -0.138. The molecular weight excluding hydrogens is 290 g/mol. The maximum absolute atomic E-state index is 12.2. The maximum atomic E-state index is 12.2. The number of amides is 1. The molecule has 1 aromatic rings. The third-order valence-electron chi connectivity index (χ3n) is 3.26. The second-order valence-corrected chi connectivity index (χ2v) is 5.74. The Hall–Kier alpha value is -1.24. The van der Waals surface area contributed by atoms with Gasteiger partial charge in [-0.2, -0.15) is 0 Å². The van der Waals surface area contributed by atoms with Crippen LogP contribution in [0.5, 0.6) is 5.75 Å². The number of carbonyl (C=O) groups excluding carboxylic acids is 1. The van der Waals surface area contributed by atoms with E-state index in [9.17, 15) is 9.90 Å². The highest BCUT2D eigenvalue weighted by molar-refractivity contribution is 8.00. The van der Waals surface area contributed by atoms with Crippen LogP contribution in [0.15, 0.2) is 29.2 Å². The fraction of sp³-hybridized carbons (Fsp3) is 0.533. The summed E-state index contributed by atoms with van der Waals surface area (Å²) in [6.45, 7) is 4.03. The van der Waals surface area contributed by atoms with Crippen LogP contribution in [0.2, 0.25) is 0 Å². The lowest BCUT2D eigenvalue weighted by Crippen LogP contribution is -2.51. The SMILES string of the molecule is CCOc1ccc(SCC(=O)N2CCOCC2CO)cc1. The quantitative estimate of drug-likeness (QED) is 0.805. The number of nitrogens with zero attached hydrogens (tertiary/aromatic N) is 1. The summed E-state index contributed by atoms with van der Waals surface area (Å²) < 4.78 is 10.7. The Kier molecular flexibility index (Phi) is 6.35. The predicted octanol–water partition coefficient (Wildman–Crippen LogP) is 1.40. The minimum Gasteiger partial charge on any atom is -0.494 e. The summed E-state index contributed by atoms with van der Waals surface area (Å²) >= 11 is 1.49. The van der Waals surface area contributed by atoms with Crippen LogP contribution in [0.4, 0.5) is 0 Å². The molecule has 21 heavy (non-hydrogen) atoms. The molecule has 0 spiro atoms. The molecule has 2 rings (SSSR count). The highest BCUT2D eigenvalue weighted by Crippen LogP contribution is 2.22. The average Bonchev–Trinajstić information content (AvgIpc) is 2.54. The van der Waals surface area contributed by atoms with E-state index in [4.69, 9.17) is 9.47 Å². The van der Waals surface area contributed by atoms with Gasteiger partial charge in [-0.1, -0.05) is 0 Å². The van der Waals surface area contributed by atoms with Gasteiger partial charge in [-0.3, -0.25) is 4.79 Å². The van der Waals surface area contributed by atoms with Gasteiger partial charge in [-0.25, -0.2) is 0 Å². The van der Waals surface area contributed by atoms with Gasteiger partial charge in [0.15, 0.2) is 0 Å². The van der Waals surface area contributed by atoms with Crippen molar-refractivity contribution in [3.8, 4) is 5.75 Å². The van der Waals surface area contributed by atoms with E-state index in [0.717, 1.165) is 10.6 Å². The monoisotopic (exact) mass is 311 g/mol. The predicted molar refractivity (Wildman–Crippen MR) is 81.7 cm³/mol. The Labute approximate surface area is 129 Å². The molecular formula is C15H21NO4S. The molecule has 0 aliphatic carbocycles. The van der Waals surface area contributed by atoms with Crippen molar-refractivity contribution in [1.29, 1.82) is 0 Å².